The Morgan fingerprint density at radius 1 is 1.30 bits per heavy atom. The summed E-state index contributed by atoms with van der Waals surface area (Å²) in [5.74, 6) is -1.50. The van der Waals surface area contributed by atoms with Gasteiger partial charge in [-0.15, -0.1) is 0 Å². The second kappa shape index (κ2) is 7.67. The zero-order chi connectivity index (χ0) is 21.5. The van der Waals surface area contributed by atoms with Crippen LogP contribution in [0.2, 0.25) is 0 Å². The largest absolute Gasteiger partial charge is 0.421 e. The van der Waals surface area contributed by atoms with Crippen LogP contribution in [0.1, 0.15) is 18.4 Å². The number of pyridine rings is 1. The van der Waals surface area contributed by atoms with Crippen LogP contribution in [0.25, 0.3) is 22.2 Å². The number of aromatic nitrogens is 3. The third-order valence-electron chi connectivity index (χ3n) is 5.23. The molecule has 30 heavy (non-hydrogen) atoms. The van der Waals surface area contributed by atoms with Gasteiger partial charge in [0.2, 0.25) is 0 Å². The smallest absolute Gasteiger partial charge is 0.383 e. The molecule has 0 aliphatic carbocycles. The van der Waals surface area contributed by atoms with Gasteiger partial charge in [0.05, 0.1) is 10.9 Å². The van der Waals surface area contributed by atoms with Gasteiger partial charge in [-0.05, 0) is 42.3 Å². The molecule has 1 aliphatic heterocycles. The van der Waals surface area contributed by atoms with Gasteiger partial charge in [-0.25, -0.2) is 14.4 Å². The third-order valence-corrected chi connectivity index (χ3v) is 5.23. The highest BCUT2D eigenvalue weighted by atomic mass is 19.4. The fourth-order valence-corrected chi connectivity index (χ4v) is 3.53. The maximum absolute atomic E-state index is 14.7. The van der Waals surface area contributed by atoms with E-state index >= 15 is 0 Å². The van der Waals surface area contributed by atoms with E-state index in [-0.39, 0.29) is 22.3 Å². The number of benzene rings is 1. The van der Waals surface area contributed by atoms with Crippen LogP contribution in [-0.4, -0.2) is 27.7 Å². The lowest BCUT2D eigenvalue weighted by Crippen LogP contribution is -2.21. The van der Waals surface area contributed by atoms with E-state index in [1.54, 1.807) is 12.3 Å². The van der Waals surface area contributed by atoms with E-state index in [1.165, 1.54) is 10.6 Å². The van der Waals surface area contributed by atoms with Crippen LogP contribution in [0.4, 0.5) is 23.4 Å². The highest BCUT2D eigenvalue weighted by Crippen LogP contribution is 2.33. The molecule has 2 aromatic heterocycles. The number of halogens is 4. The van der Waals surface area contributed by atoms with Crippen LogP contribution in [0.5, 0.6) is 0 Å². The molecule has 6 nitrogen and oxygen atoms in total. The van der Waals surface area contributed by atoms with E-state index in [9.17, 15) is 22.4 Å². The van der Waals surface area contributed by atoms with Crippen molar-refractivity contribution in [3.63, 3.8) is 0 Å². The van der Waals surface area contributed by atoms with E-state index in [4.69, 9.17) is 10.5 Å². The summed E-state index contributed by atoms with van der Waals surface area (Å²) in [6, 6.07) is 4.04. The molecule has 3 heterocycles. The Morgan fingerprint density at radius 3 is 2.77 bits per heavy atom. The second-order valence-electron chi connectivity index (χ2n) is 7.24. The average molecular weight is 422 g/mol. The minimum absolute atomic E-state index is 0.136. The molecule has 1 aromatic carbocycles. The van der Waals surface area contributed by atoms with Gasteiger partial charge < -0.3 is 15.0 Å². The zero-order valence-electron chi connectivity index (χ0n) is 15.7. The summed E-state index contributed by atoms with van der Waals surface area (Å²) < 4.78 is 60.1. The molecule has 1 saturated heterocycles. The topological polar surface area (TPSA) is 83.0 Å². The van der Waals surface area contributed by atoms with Crippen molar-refractivity contribution in [3.05, 3.63) is 52.3 Å². The Bertz CT molecular complexity index is 1150. The molecule has 0 saturated carbocycles. The number of nitrogens with zero attached hydrogens (tertiary/aromatic N) is 3. The Labute approximate surface area is 168 Å². The summed E-state index contributed by atoms with van der Waals surface area (Å²) in [4.78, 5) is 19.9. The summed E-state index contributed by atoms with van der Waals surface area (Å²) in [6.45, 7) is 1.89. The normalized spacial score (nSPS) is 17.0. The molecule has 1 atom stereocenters. The van der Waals surface area contributed by atoms with Crippen LogP contribution in [0, 0.1) is 11.7 Å². The van der Waals surface area contributed by atoms with Gasteiger partial charge in [0.25, 0.3) is 5.56 Å². The molecule has 0 spiro atoms. The molecular formula is C20H18F4N4O2. The lowest BCUT2D eigenvalue weighted by Gasteiger charge is -2.12. The first-order chi connectivity index (χ1) is 14.2. The molecule has 1 unspecified atom stereocenters. The number of hydrogen-bond acceptors (Lipinski definition) is 5. The lowest BCUT2D eigenvalue weighted by molar-refractivity contribution is -0.137. The monoisotopic (exact) mass is 422 g/mol. The first kappa shape index (κ1) is 20.3. The third kappa shape index (κ3) is 3.87. The fraction of sp³-hybridized carbons (Fsp3) is 0.350. The van der Waals surface area contributed by atoms with Crippen molar-refractivity contribution in [1.82, 2.24) is 14.5 Å². The minimum Gasteiger partial charge on any atom is -0.383 e. The molecule has 0 amide bonds. The van der Waals surface area contributed by atoms with Gasteiger partial charge in [-0.3, -0.25) is 4.79 Å². The van der Waals surface area contributed by atoms with Crippen molar-refractivity contribution in [2.75, 3.05) is 18.9 Å². The number of hydrogen-bond donors (Lipinski definition) is 1. The Morgan fingerprint density at radius 2 is 2.10 bits per heavy atom. The van der Waals surface area contributed by atoms with E-state index in [2.05, 4.69) is 9.97 Å². The van der Waals surface area contributed by atoms with Crippen molar-refractivity contribution < 1.29 is 22.3 Å². The summed E-state index contributed by atoms with van der Waals surface area (Å²) in [5.41, 5.74) is 3.71. The average Bonchev–Trinajstić information content (AvgIpc) is 3.20. The van der Waals surface area contributed by atoms with Gasteiger partial charge >= 0.3 is 6.18 Å². The van der Waals surface area contributed by atoms with Crippen LogP contribution in [0.15, 0.2) is 35.4 Å². The molecule has 1 fully saturated rings. The fourth-order valence-electron chi connectivity index (χ4n) is 3.53. The van der Waals surface area contributed by atoms with E-state index in [0.717, 1.165) is 25.5 Å². The first-order valence-electron chi connectivity index (χ1n) is 9.34. The van der Waals surface area contributed by atoms with E-state index < -0.39 is 23.4 Å². The van der Waals surface area contributed by atoms with Gasteiger partial charge in [0.15, 0.2) is 5.82 Å². The number of fused-ring (bicyclic) bond motifs is 1. The predicted octanol–water partition coefficient (Wildman–Crippen LogP) is 3.63. The number of anilines is 1. The number of rotatable bonds is 4. The quantitative estimate of drug-likeness (QED) is 0.650. The molecule has 158 valence electrons. The number of alkyl halides is 3. The first-order valence-corrected chi connectivity index (χ1v) is 9.34. The number of aryl methyl sites for hydroxylation is 1. The highest BCUT2D eigenvalue weighted by Gasteiger charge is 2.34. The summed E-state index contributed by atoms with van der Waals surface area (Å²) in [5, 5.41) is 0.597. The standard InChI is InChI=1S/C20H18F4N4O2/c21-16-8-13-12(2-5-28(19(13)29)4-1-11-3-6-30-10-11)7-14(16)18-26-9-15(17(25)27-18)20(22,23)24/h2,5,7-9,11H,1,3-4,6,10H2,(H2,25,26,27). The van der Waals surface area contributed by atoms with Crippen LogP contribution in [-0.2, 0) is 17.5 Å². The number of ether oxygens (including phenoxy) is 1. The molecule has 0 radical (unpaired) electrons. The van der Waals surface area contributed by atoms with E-state index in [1.807, 2.05) is 0 Å². The van der Waals surface area contributed by atoms with Gasteiger partial charge in [-0.2, -0.15) is 13.2 Å². The Hall–Kier alpha value is -3.01. The maximum Gasteiger partial charge on any atom is 0.421 e. The SMILES string of the molecule is Nc1nc(-c2cc3ccn(CCC4CCOC4)c(=O)c3cc2F)ncc1C(F)(F)F. The van der Waals surface area contributed by atoms with Crippen molar-refractivity contribution in [3.8, 4) is 11.4 Å². The summed E-state index contributed by atoms with van der Waals surface area (Å²) in [6.07, 6.45) is -0.836. The van der Waals surface area contributed by atoms with Crippen LogP contribution in [0.3, 0.4) is 0 Å². The van der Waals surface area contributed by atoms with Crippen molar-refractivity contribution in [1.29, 1.82) is 0 Å². The van der Waals surface area contributed by atoms with Crippen molar-refractivity contribution in [2.24, 2.45) is 5.92 Å². The number of nitrogens with two attached hydrogens (primary N) is 1. The maximum atomic E-state index is 14.7. The van der Waals surface area contributed by atoms with Crippen LogP contribution < -0.4 is 11.3 Å². The minimum atomic E-state index is -4.71. The van der Waals surface area contributed by atoms with Crippen molar-refractivity contribution in [2.45, 2.75) is 25.6 Å². The number of nitrogen functional groups attached to an aromatic ring is 1. The van der Waals surface area contributed by atoms with Gasteiger partial charge in [0, 0.05) is 32.2 Å². The molecule has 2 N–H and O–H groups in total. The summed E-state index contributed by atoms with van der Waals surface area (Å²) in [7, 11) is 0. The second-order valence-corrected chi connectivity index (χ2v) is 7.24. The zero-order valence-corrected chi connectivity index (χ0v) is 15.7. The van der Waals surface area contributed by atoms with E-state index in [0.29, 0.717) is 30.7 Å². The summed E-state index contributed by atoms with van der Waals surface area (Å²) >= 11 is 0. The van der Waals surface area contributed by atoms with Gasteiger partial charge in [0.1, 0.15) is 17.2 Å². The predicted molar refractivity (Wildman–Crippen MR) is 102 cm³/mol. The van der Waals surface area contributed by atoms with Crippen molar-refractivity contribution >= 4 is 16.6 Å². The molecule has 4 rings (SSSR count). The van der Waals surface area contributed by atoms with Crippen LogP contribution >= 0.6 is 0 Å². The molecule has 3 aromatic rings. The Balaban J connectivity index is 1.68. The molecule has 0 bridgehead atoms. The Kier molecular flexibility index (Phi) is 5.19. The molecule has 1 aliphatic rings. The molecule has 10 heteroatoms. The van der Waals surface area contributed by atoms with Gasteiger partial charge in [-0.1, -0.05) is 0 Å². The highest BCUT2D eigenvalue weighted by molar-refractivity contribution is 5.86. The lowest BCUT2D eigenvalue weighted by atomic mass is 10.0. The molecular weight excluding hydrogens is 404 g/mol.